The zero-order valence-electron chi connectivity index (χ0n) is 37.8. The van der Waals surface area contributed by atoms with Gasteiger partial charge in [-0.2, -0.15) is 5.26 Å². The Morgan fingerprint density at radius 2 is 0.771 bits per heavy atom. The van der Waals surface area contributed by atoms with E-state index in [4.69, 9.17) is 6.57 Å². The standard InChI is InChI=1S/C64H40N6/c1-66-57-41-52(69-58-36-32-50(67(46-20-6-2-7-21-46)47-22-8-3-9-23-47)39-55(58)62-53-28-16-14-18-43(53)30-34-60(62)69)38-45(42-65)64(57)70-59-37-33-51(68(48-24-10-4-11-25-48)49-26-12-5-13-27-49)40-56(59)63-54-29-17-15-19-44(54)31-35-61(63)70/h2-41H. The van der Waals surface area contributed by atoms with E-state index in [9.17, 15) is 5.26 Å². The van der Waals surface area contributed by atoms with Gasteiger partial charge in [-0.3, -0.25) is 0 Å². The molecule has 2 aromatic heterocycles. The monoisotopic (exact) mass is 892 g/mol. The SMILES string of the molecule is [C-]#[N+]c1cc(-n2c3ccc(N(c4ccccc4)c4ccccc4)cc3c3c4ccccc4ccc32)cc(C#N)c1-n1c2ccc(N(c3ccccc3)c3ccccc3)cc2c2c3ccccc3ccc21. The number of nitrogens with zero attached hydrogens (tertiary/aromatic N) is 6. The van der Waals surface area contributed by atoms with Crippen molar-refractivity contribution in [2.75, 3.05) is 9.80 Å². The van der Waals surface area contributed by atoms with Gasteiger partial charge < -0.3 is 18.9 Å². The summed E-state index contributed by atoms with van der Waals surface area (Å²) in [7, 11) is 0. The Morgan fingerprint density at radius 3 is 1.21 bits per heavy atom. The molecule has 0 saturated carbocycles. The van der Waals surface area contributed by atoms with E-state index in [1.165, 1.54) is 0 Å². The molecule has 0 aliphatic heterocycles. The highest BCUT2D eigenvalue weighted by Crippen LogP contribution is 2.46. The average Bonchev–Trinajstić information content (AvgIpc) is 3.94. The Kier molecular flexibility index (Phi) is 9.50. The lowest BCUT2D eigenvalue weighted by Crippen LogP contribution is -2.09. The molecule has 6 heteroatoms. The van der Waals surface area contributed by atoms with Gasteiger partial charge in [0.1, 0.15) is 6.07 Å². The van der Waals surface area contributed by atoms with Crippen LogP contribution in [0.4, 0.5) is 39.8 Å². The van der Waals surface area contributed by atoms with E-state index in [0.29, 0.717) is 16.9 Å². The van der Waals surface area contributed by atoms with E-state index in [1.54, 1.807) is 0 Å². The molecule has 6 nitrogen and oxygen atoms in total. The van der Waals surface area contributed by atoms with Crippen LogP contribution in [-0.4, -0.2) is 9.13 Å². The molecule has 0 aliphatic rings. The van der Waals surface area contributed by atoms with Crippen LogP contribution in [0.3, 0.4) is 0 Å². The molecule has 326 valence electrons. The molecule has 0 amide bonds. The van der Waals surface area contributed by atoms with Gasteiger partial charge in [-0.15, -0.1) is 0 Å². The number of aromatic nitrogens is 2. The number of benzene rings is 11. The molecule has 0 spiro atoms. The van der Waals surface area contributed by atoms with Crippen molar-refractivity contribution in [2.45, 2.75) is 0 Å². The molecule has 13 rings (SSSR count). The number of anilines is 6. The lowest BCUT2D eigenvalue weighted by Gasteiger charge is -2.25. The normalized spacial score (nSPS) is 11.4. The van der Waals surface area contributed by atoms with Crippen LogP contribution < -0.4 is 9.80 Å². The second-order valence-corrected chi connectivity index (χ2v) is 17.5. The van der Waals surface area contributed by atoms with E-state index < -0.39 is 0 Å². The predicted octanol–water partition coefficient (Wildman–Crippen LogP) is 17.5. The zero-order chi connectivity index (χ0) is 46.7. The number of hydrogen-bond acceptors (Lipinski definition) is 3. The van der Waals surface area contributed by atoms with Gasteiger partial charge in [-0.25, -0.2) is 4.85 Å². The van der Waals surface area contributed by atoms with Gasteiger partial charge in [-0.1, -0.05) is 133 Å². The lowest BCUT2D eigenvalue weighted by atomic mass is 10.0. The fraction of sp³-hybridized carbons (Fsp3) is 0. The topological polar surface area (TPSA) is 44.5 Å². The molecule has 0 saturated heterocycles. The third-order valence-electron chi connectivity index (χ3n) is 13.6. The van der Waals surface area contributed by atoms with Crippen LogP contribution in [0.2, 0.25) is 0 Å². The molecule has 11 aromatic carbocycles. The quantitative estimate of drug-likeness (QED) is 0.143. The first kappa shape index (κ1) is 40.4. The highest BCUT2D eigenvalue weighted by molar-refractivity contribution is 6.23. The van der Waals surface area contributed by atoms with E-state index in [-0.39, 0.29) is 0 Å². The Labute approximate surface area is 404 Å². The Morgan fingerprint density at radius 1 is 0.371 bits per heavy atom. The first-order valence-electron chi connectivity index (χ1n) is 23.4. The molecule has 2 heterocycles. The first-order valence-corrected chi connectivity index (χ1v) is 23.4. The summed E-state index contributed by atoms with van der Waals surface area (Å²) in [5.74, 6) is 0. The molecule has 0 unspecified atom stereocenters. The van der Waals surface area contributed by atoms with Crippen LogP contribution in [0.1, 0.15) is 5.56 Å². The Hall–Kier alpha value is -9.88. The van der Waals surface area contributed by atoms with Gasteiger partial charge >= 0.3 is 0 Å². The first-order chi connectivity index (χ1) is 34.7. The molecule has 0 aliphatic carbocycles. The van der Waals surface area contributed by atoms with E-state index in [0.717, 1.165) is 105 Å². The minimum absolute atomic E-state index is 0.382. The van der Waals surface area contributed by atoms with E-state index in [1.807, 2.05) is 36.4 Å². The van der Waals surface area contributed by atoms with Crippen LogP contribution in [0.5, 0.6) is 0 Å². The van der Waals surface area contributed by atoms with Gasteiger partial charge in [0.05, 0.1) is 39.9 Å². The summed E-state index contributed by atoms with van der Waals surface area (Å²) in [6, 6.07) is 87.0. The molecule has 0 bridgehead atoms. The highest BCUT2D eigenvalue weighted by Gasteiger charge is 2.25. The Balaban J connectivity index is 1.05. The molecular formula is C64H40N6. The number of nitriles is 1. The molecule has 0 atom stereocenters. The predicted molar refractivity (Wildman–Crippen MR) is 290 cm³/mol. The maximum Gasteiger partial charge on any atom is 0.214 e. The van der Waals surface area contributed by atoms with Crippen molar-refractivity contribution in [1.29, 1.82) is 5.26 Å². The van der Waals surface area contributed by atoms with Crippen LogP contribution in [-0.2, 0) is 0 Å². The van der Waals surface area contributed by atoms with Gasteiger partial charge in [0.2, 0.25) is 5.69 Å². The molecule has 0 radical (unpaired) electrons. The van der Waals surface area contributed by atoms with Crippen LogP contribution >= 0.6 is 0 Å². The maximum absolute atomic E-state index is 11.3. The largest absolute Gasteiger partial charge is 0.318 e. The average molecular weight is 893 g/mol. The van der Waals surface area contributed by atoms with E-state index in [2.05, 4.69) is 236 Å². The second-order valence-electron chi connectivity index (χ2n) is 17.5. The van der Waals surface area contributed by atoms with Crippen molar-refractivity contribution in [3.63, 3.8) is 0 Å². The van der Waals surface area contributed by atoms with Crippen molar-refractivity contribution >= 4 is 105 Å². The summed E-state index contributed by atoms with van der Waals surface area (Å²) >= 11 is 0. The molecule has 0 fully saturated rings. The number of fused-ring (bicyclic) bond motifs is 10. The third kappa shape index (κ3) is 6.40. The maximum atomic E-state index is 11.3. The van der Waals surface area contributed by atoms with Crippen LogP contribution in [0.15, 0.2) is 243 Å². The van der Waals surface area contributed by atoms with Crippen molar-refractivity contribution < 1.29 is 0 Å². The minimum Gasteiger partial charge on any atom is -0.318 e. The summed E-state index contributed by atoms with van der Waals surface area (Å²) in [6.45, 7) is 8.86. The Bertz CT molecular complexity index is 4140. The van der Waals surface area contributed by atoms with Crippen LogP contribution in [0, 0.1) is 17.9 Å². The molecular weight excluding hydrogens is 853 g/mol. The zero-order valence-corrected chi connectivity index (χ0v) is 37.8. The summed E-state index contributed by atoms with van der Waals surface area (Å²) in [5, 5.41) is 20.1. The molecule has 70 heavy (non-hydrogen) atoms. The third-order valence-corrected chi connectivity index (χ3v) is 13.6. The summed E-state index contributed by atoms with van der Waals surface area (Å²) in [6.07, 6.45) is 0. The summed E-state index contributed by atoms with van der Waals surface area (Å²) in [5.41, 5.74) is 12.1. The fourth-order valence-electron chi connectivity index (χ4n) is 10.7. The lowest BCUT2D eigenvalue weighted by molar-refractivity contribution is 1.14. The van der Waals surface area contributed by atoms with Gasteiger partial charge in [0.15, 0.2) is 0 Å². The van der Waals surface area contributed by atoms with Gasteiger partial charge in [0, 0.05) is 61.4 Å². The number of hydrogen-bond donors (Lipinski definition) is 0. The summed E-state index contributed by atoms with van der Waals surface area (Å²) < 4.78 is 4.36. The van der Waals surface area contributed by atoms with Gasteiger partial charge in [-0.05, 0) is 131 Å². The van der Waals surface area contributed by atoms with Gasteiger partial charge in [0.25, 0.3) is 0 Å². The smallest absolute Gasteiger partial charge is 0.214 e. The van der Waals surface area contributed by atoms with Crippen molar-refractivity contribution in [3.8, 4) is 17.4 Å². The minimum atomic E-state index is 0.382. The fourth-order valence-corrected chi connectivity index (χ4v) is 10.7. The van der Waals surface area contributed by atoms with Crippen molar-refractivity contribution in [2.24, 2.45) is 0 Å². The van der Waals surface area contributed by atoms with Crippen molar-refractivity contribution in [3.05, 3.63) is 260 Å². The second kappa shape index (κ2) is 16.5. The van der Waals surface area contributed by atoms with Crippen molar-refractivity contribution in [1.82, 2.24) is 9.13 Å². The number of para-hydroxylation sites is 4. The highest BCUT2D eigenvalue weighted by atomic mass is 15.1. The summed E-state index contributed by atoms with van der Waals surface area (Å²) in [4.78, 5) is 8.83. The van der Waals surface area contributed by atoms with E-state index >= 15 is 0 Å². The molecule has 13 aromatic rings. The number of rotatable bonds is 8. The molecule has 0 N–H and O–H groups in total. The van der Waals surface area contributed by atoms with Crippen LogP contribution in [0.25, 0.3) is 81.4 Å².